The molecular formula is C18H25N5O. The lowest BCUT2D eigenvalue weighted by molar-refractivity contribution is 0.125. The molecule has 3 rings (SSSR count). The summed E-state index contributed by atoms with van der Waals surface area (Å²) in [6.07, 6.45) is 0. The Morgan fingerprint density at radius 2 is 1.92 bits per heavy atom. The van der Waals surface area contributed by atoms with Gasteiger partial charge in [0.25, 0.3) is 0 Å². The van der Waals surface area contributed by atoms with E-state index in [1.807, 2.05) is 53.8 Å². The number of aryl methyl sites for hydroxylation is 1. The number of amides is 2. The summed E-state index contributed by atoms with van der Waals surface area (Å²) in [5.74, 6) is 0. The Balaban J connectivity index is 1.81. The standard InChI is InChI=1S/C18H25N5O/c1-13-12-21(4)10-11-22(13)18(24)19-17-14(2)20-23(15(17)3)16-8-6-5-7-9-16/h5-9,13H,10-12H2,1-4H3,(H,19,24)/t13-/m1/s1. The molecule has 128 valence electrons. The minimum atomic E-state index is -0.0468. The zero-order valence-electron chi connectivity index (χ0n) is 14.8. The smallest absolute Gasteiger partial charge is 0.319 e. The Morgan fingerprint density at radius 3 is 2.58 bits per heavy atom. The SMILES string of the molecule is Cc1nn(-c2ccccc2)c(C)c1NC(=O)N1CCN(C)C[C@H]1C. The Kier molecular flexibility index (Phi) is 4.57. The molecule has 1 N–H and O–H groups in total. The van der Waals surface area contributed by atoms with E-state index in [4.69, 9.17) is 0 Å². The number of nitrogens with zero attached hydrogens (tertiary/aromatic N) is 4. The van der Waals surface area contributed by atoms with E-state index in [1.54, 1.807) is 0 Å². The van der Waals surface area contributed by atoms with E-state index in [9.17, 15) is 4.79 Å². The maximum atomic E-state index is 12.7. The summed E-state index contributed by atoms with van der Waals surface area (Å²) in [6, 6.07) is 10.1. The Morgan fingerprint density at radius 1 is 1.21 bits per heavy atom. The van der Waals surface area contributed by atoms with Crippen LogP contribution in [0.25, 0.3) is 5.69 Å². The fourth-order valence-electron chi connectivity index (χ4n) is 3.26. The number of rotatable bonds is 2. The fourth-order valence-corrected chi connectivity index (χ4v) is 3.26. The average molecular weight is 327 g/mol. The highest BCUT2D eigenvalue weighted by Crippen LogP contribution is 2.23. The maximum absolute atomic E-state index is 12.7. The molecule has 2 heterocycles. The molecule has 6 heteroatoms. The third kappa shape index (κ3) is 3.14. The first kappa shape index (κ1) is 16.5. The van der Waals surface area contributed by atoms with Crippen LogP contribution in [0.4, 0.5) is 10.5 Å². The first-order chi connectivity index (χ1) is 11.5. The monoisotopic (exact) mass is 327 g/mol. The largest absolute Gasteiger partial charge is 0.322 e. The summed E-state index contributed by atoms with van der Waals surface area (Å²) in [4.78, 5) is 16.8. The van der Waals surface area contributed by atoms with E-state index in [1.165, 1.54) is 0 Å². The molecule has 0 radical (unpaired) electrons. The van der Waals surface area contributed by atoms with Crippen LogP contribution in [0.2, 0.25) is 0 Å². The van der Waals surface area contributed by atoms with Crippen molar-refractivity contribution in [3.05, 3.63) is 41.7 Å². The number of aromatic nitrogens is 2. The lowest BCUT2D eigenvalue weighted by Gasteiger charge is -2.38. The molecule has 1 fully saturated rings. The molecule has 1 aromatic carbocycles. The van der Waals surface area contributed by atoms with Gasteiger partial charge in [-0.25, -0.2) is 9.48 Å². The zero-order chi connectivity index (χ0) is 17.3. The van der Waals surface area contributed by atoms with Gasteiger partial charge in [0.2, 0.25) is 0 Å². The number of nitrogens with one attached hydrogen (secondary N) is 1. The minimum absolute atomic E-state index is 0.0468. The van der Waals surface area contributed by atoms with Crippen molar-refractivity contribution < 1.29 is 4.79 Å². The van der Waals surface area contributed by atoms with Crippen molar-refractivity contribution >= 4 is 11.7 Å². The van der Waals surface area contributed by atoms with Crippen molar-refractivity contribution in [2.24, 2.45) is 0 Å². The fraction of sp³-hybridized carbons (Fsp3) is 0.444. The summed E-state index contributed by atoms with van der Waals surface area (Å²) >= 11 is 0. The van der Waals surface area contributed by atoms with Crippen LogP contribution in [0.3, 0.4) is 0 Å². The second-order valence-electron chi connectivity index (χ2n) is 6.53. The van der Waals surface area contributed by atoms with Gasteiger partial charge in [-0.3, -0.25) is 0 Å². The van der Waals surface area contributed by atoms with Gasteiger partial charge in [0, 0.05) is 25.7 Å². The molecule has 24 heavy (non-hydrogen) atoms. The number of anilines is 1. The van der Waals surface area contributed by atoms with Crippen LogP contribution in [0.1, 0.15) is 18.3 Å². The summed E-state index contributed by atoms with van der Waals surface area (Å²) in [5.41, 5.74) is 3.56. The molecule has 1 saturated heterocycles. The second-order valence-corrected chi connectivity index (χ2v) is 6.53. The predicted octanol–water partition coefficient (Wildman–Crippen LogP) is 2.66. The average Bonchev–Trinajstić information content (AvgIpc) is 2.83. The van der Waals surface area contributed by atoms with Crippen LogP contribution >= 0.6 is 0 Å². The number of urea groups is 1. The second kappa shape index (κ2) is 6.65. The summed E-state index contributed by atoms with van der Waals surface area (Å²) in [6.45, 7) is 8.54. The molecule has 2 aromatic rings. The van der Waals surface area contributed by atoms with Crippen molar-refractivity contribution in [1.82, 2.24) is 19.6 Å². The van der Waals surface area contributed by atoms with Gasteiger partial charge in [0.1, 0.15) is 0 Å². The molecule has 1 aliphatic rings. The van der Waals surface area contributed by atoms with E-state index in [0.29, 0.717) is 0 Å². The van der Waals surface area contributed by atoms with Crippen molar-refractivity contribution in [2.75, 3.05) is 32.0 Å². The predicted molar refractivity (Wildman–Crippen MR) is 95.7 cm³/mol. The number of para-hydroxylation sites is 1. The minimum Gasteiger partial charge on any atom is -0.319 e. The molecule has 6 nitrogen and oxygen atoms in total. The Hall–Kier alpha value is -2.34. The van der Waals surface area contributed by atoms with Gasteiger partial charge >= 0.3 is 6.03 Å². The van der Waals surface area contributed by atoms with E-state index >= 15 is 0 Å². The van der Waals surface area contributed by atoms with Gasteiger partial charge in [-0.2, -0.15) is 5.10 Å². The normalized spacial score (nSPS) is 18.7. The summed E-state index contributed by atoms with van der Waals surface area (Å²) < 4.78 is 1.87. The van der Waals surface area contributed by atoms with Crippen molar-refractivity contribution in [1.29, 1.82) is 0 Å². The highest BCUT2D eigenvalue weighted by molar-refractivity contribution is 5.91. The first-order valence-electron chi connectivity index (χ1n) is 8.35. The number of hydrogen-bond donors (Lipinski definition) is 1. The van der Waals surface area contributed by atoms with Crippen LogP contribution in [-0.4, -0.2) is 58.3 Å². The quantitative estimate of drug-likeness (QED) is 0.922. The number of piperazine rings is 1. The van der Waals surface area contributed by atoms with E-state index < -0.39 is 0 Å². The number of carbonyl (C=O) groups is 1. The maximum Gasteiger partial charge on any atom is 0.322 e. The number of carbonyl (C=O) groups excluding carboxylic acids is 1. The molecule has 0 saturated carbocycles. The topological polar surface area (TPSA) is 53.4 Å². The van der Waals surface area contributed by atoms with Crippen LogP contribution in [0.5, 0.6) is 0 Å². The third-order valence-electron chi connectivity index (χ3n) is 4.62. The van der Waals surface area contributed by atoms with Crippen LogP contribution in [-0.2, 0) is 0 Å². The Bertz CT molecular complexity index is 725. The lowest BCUT2D eigenvalue weighted by atomic mass is 10.2. The van der Waals surface area contributed by atoms with Crippen LogP contribution in [0, 0.1) is 13.8 Å². The number of benzene rings is 1. The highest BCUT2D eigenvalue weighted by atomic mass is 16.2. The van der Waals surface area contributed by atoms with Gasteiger partial charge in [0.15, 0.2) is 0 Å². The third-order valence-corrected chi connectivity index (χ3v) is 4.62. The zero-order valence-corrected chi connectivity index (χ0v) is 14.8. The van der Waals surface area contributed by atoms with E-state index in [2.05, 4.69) is 29.3 Å². The van der Waals surface area contributed by atoms with Crippen molar-refractivity contribution in [3.63, 3.8) is 0 Å². The first-order valence-corrected chi connectivity index (χ1v) is 8.35. The van der Waals surface area contributed by atoms with Gasteiger partial charge in [-0.1, -0.05) is 18.2 Å². The molecule has 1 atom stereocenters. The van der Waals surface area contributed by atoms with Crippen LogP contribution in [0.15, 0.2) is 30.3 Å². The van der Waals surface area contributed by atoms with Crippen LogP contribution < -0.4 is 5.32 Å². The van der Waals surface area contributed by atoms with E-state index in [-0.39, 0.29) is 12.1 Å². The Labute approximate surface area is 143 Å². The molecular weight excluding hydrogens is 302 g/mol. The molecule has 2 amide bonds. The summed E-state index contributed by atoms with van der Waals surface area (Å²) in [5, 5.41) is 7.65. The van der Waals surface area contributed by atoms with Gasteiger partial charge in [-0.15, -0.1) is 0 Å². The number of hydrogen-bond acceptors (Lipinski definition) is 3. The van der Waals surface area contributed by atoms with E-state index in [0.717, 1.165) is 42.4 Å². The van der Waals surface area contributed by atoms with Crippen molar-refractivity contribution in [3.8, 4) is 5.69 Å². The molecule has 0 unspecified atom stereocenters. The van der Waals surface area contributed by atoms with Crippen molar-refractivity contribution in [2.45, 2.75) is 26.8 Å². The molecule has 0 bridgehead atoms. The molecule has 1 aromatic heterocycles. The molecule has 1 aliphatic heterocycles. The van der Waals surface area contributed by atoms with Gasteiger partial charge in [-0.05, 0) is 40.0 Å². The molecule has 0 aliphatic carbocycles. The highest BCUT2D eigenvalue weighted by Gasteiger charge is 2.27. The number of likely N-dealkylation sites (N-methyl/N-ethyl adjacent to an activating group) is 1. The van der Waals surface area contributed by atoms with Gasteiger partial charge in [0.05, 0.1) is 22.8 Å². The molecule has 0 spiro atoms. The van der Waals surface area contributed by atoms with Gasteiger partial charge < -0.3 is 15.1 Å². The summed E-state index contributed by atoms with van der Waals surface area (Å²) in [7, 11) is 2.09. The lowest BCUT2D eigenvalue weighted by Crippen LogP contribution is -2.54.